The lowest BCUT2D eigenvalue weighted by Crippen LogP contribution is -2.16. The number of halogens is 2. The van der Waals surface area contributed by atoms with Crippen molar-refractivity contribution in [3.05, 3.63) is 36.2 Å². The molecule has 1 heterocycles. The Labute approximate surface area is 121 Å². The van der Waals surface area contributed by atoms with Gasteiger partial charge in [0.1, 0.15) is 12.0 Å². The normalized spacial score (nSPS) is 12.0. The summed E-state index contributed by atoms with van der Waals surface area (Å²) in [6, 6.07) is 3.69. The van der Waals surface area contributed by atoms with Gasteiger partial charge in [-0.2, -0.15) is 0 Å². The number of nitrogens with zero attached hydrogens (tertiary/aromatic N) is 2. The predicted molar refractivity (Wildman–Crippen MR) is 79.5 cm³/mol. The van der Waals surface area contributed by atoms with Crippen molar-refractivity contribution in [1.29, 1.82) is 0 Å². The maximum atomic E-state index is 13.2. The fourth-order valence-electron chi connectivity index (χ4n) is 1.66. The zero-order valence-electron chi connectivity index (χ0n) is 11.8. The van der Waals surface area contributed by atoms with E-state index in [1.54, 1.807) is 0 Å². The number of benzene rings is 1. The Kier molecular flexibility index (Phi) is 4.52. The molecule has 0 aliphatic rings. The second kappa shape index (κ2) is 6.34. The molecule has 0 fully saturated rings. The van der Waals surface area contributed by atoms with Crippen LogP contribution in [0.5, 0.6) is 0 Å². The summed E-state index contributed by atoms with van der Waals surface area (Å²) in [6.07, 6.45) is 2.26. The smallest absolute Gasteiger partial charge is 0.160 e. The Morgan fingerprint density at radius 3 is 2.57 bits per heavy atom. The van der Waals surface area contributed by atoms with Gasteiger partial charge >= 0.3 is 0 Å². The lowest BCUT2D eigenvalue weighted by Gasteiger charge is -2.16. The van der Waals surface area contributed by atoms with Crippen LogP contribution in [0, 0.1) is 11.6 Å². The van der Waals surface area contributed by atoms with E-state index in [9.17, 15) is 8.78 Å². The summed E-state index contributed by atoms with van der Waals surface area (Å²) in [6.45, 7) is 4.04. The van der Waals surface area contributed by atoms with Crippen LogP contribution in [0.4, 0.5) is 31.8 Å². The fourth-order valence-corrected chi connectivity index (χ4v) is 1.66. The summed E-state index contributed by atoms with van der Waals surface area (Å²) in [5.41, 5.74) is 6.66. The minimum Gasteiger partial charge on any atom is -0.393 e. The highest BCUT2D eigenvalue weighted by Crippen LogP contribution is 2.26. The Morgan fingerprint density at radius 1 is 1.19 bits per heavy atom. The van der Waals surface area contributed by atoms with Gasteiger partial charge in [-0.15, -0.1) is 0 Å². The Hall–Kier alpha value is -2.44. The zero-order valence-corrected chi connectivity index (χ0v) is 11.8. The Bertz CT molecular complexity index is 633. The van der Waals surface area contributed by atoms with Crippen LogP contribution < -0.4 is 16.4 Å². The van der Waals surface area contributed by atoms with Crippen LogP contribution in [0.1, 0.15) is 20.3 Å². The monoisotopic (exact) mass is 293 g/mol. The fraction of sp³-hybridized carbons (Fsp3) is 0.286. The number of hydrogen-bond acceptors (Lipinski definition) is 5. The highest BCUT2D eigenvalue weighted by molar-refractivity contribution is 5.77. The van der Waals surface area contributed by atoms with Crippen molar-refractivity contribution in [2.45, 2.75) is 26.3 Å². The highest BCUT2D eigenvalue weighted by atomic mass is 19.2. The number of nitrogens with two attached hydrogens (primary N) is 1. The number of nitrogens with one attached hydrogen (secondary N) is 2. The molecule has 0 radical (unpaired) electrons. The second-order valence-electron chi connectivity index (χ2n) is 4.69. The largest absolute Gasteiger partial charge is 0.393 e. The molecule has 4 N–H and O–H groups in total. The standard InChI is InChI=1S/C14H17F2N5/c1-3-8(2)20-13-12(17)14(19-7-18-13)21-9-4-5-10(15)11(16)6-9/h4-8H,3,17H2,1-2H3,(H2,18,19,20,21). The van der Waals surface area contributed by atoms with Crippen LogP contribution in [0.25, 0.3) is 0 Å². The number of nitrogen functional groups attached to an aromatic ring is 1. The molecule has 5 nitrogen and oxygen atoms in total. The van der Waals surface area contributed by atoms with E-state index in [2.05, 4.69) is 20.6 Å². The minimum absolute atomic E-state index is 0.207. The van der Waals surface area contributed by atoms with E-state index in [-0.39, 0.29) is 6.04 Å². The number of anilines is 4. The van der Waals surface area contributed by atoms with Crippen molar-refractivity contribution in [2.24, 2.45) is 0 Å². The van der Waals surface area contributed by atoms with Crippen molar-refractivity contribution in [3.8, 4) is 0 Å². The molecule has 21 heavy (non-hydrogen) atoms. The van der Waals surface area contributed by atoms with Crippen LogP contribution in [0.3, 0.4) is 0 Å². The van der Waals surface area contributed by atoms with E-state index >= 15 is 0 Å². The molecular formula is C14H17F2N5. The summed E-state index contributed by atoms with van der Waals surface area (Å²) in [4.78, 5) is 8.09. The van der Waals surface area contributed by atoms with Gasteiger partial charge in [0.05, 0.1) is 0 Å². The van der Waals surface area contributed by atoms with Crippen molar-refractivity contribution >= 4 is 23.0 Å². The summed E-state index contributed by atoms with van der Waals surface area (Å²) in [7, 11) is 0. The molecule has 2 aromatic rings. The third kappa shape index (κ3) is 3.56. The van der Waals surface area contributed by atoms with Gasteiger partial charge in [-0.3, -0.25) is 0 Å². The molecule has 0 amide bonds. The van der Waals surface area contributed by atoms with Gasteiger partial charge in [0.2, 0.25) is 0 Å². The molecule has 1 aromatic heterocycles. The number of hydrogen-bond donors (Lipinski definition) is 3. The molecule has 0 aliphatic carbocycles. The maximum Gasteiger partial charge on any atom is 0.160 e. The molecule has 1 aromatic carbocycles. The highest BCUT2D eigenvalue weighted by Gasteiger charge is 2.11. The number of rotatable bonds is 5. The van der Waals surface area contributed by atoms with Gasteiger partial charge in [0.15, 0.2) is 23.3 Å². The quantitative estimate of drug-likeness (QED) is 0.788. The molecule has 1 atom stereocenters. The maximum absolute atomic E-state index is 13.2. The van der Waals surface area contributed by atoms with Crippen LogP contribution in [0.2, 0.25) is 0 Å². The molecular weight excluding hydrogens is 276 g/mol. The van der Waals surface area contributed by atoms with Gasteiger partial charge in [0, 0.05) is 17.8 Å². The van der Waals surface area contributed by atoms with Crippen molar-refractivity contribution < 1.29 is 8.78 Å². The first-order valence-corrected chi connectivity index (χ1v) is 6.60. The van der Waals surface area contributed by atoms with Gasteiger partial charge in [-0.25, -0.2) is 18.7 Å². The van der Waals surface area contributed by atoms with Crippen molar-refractivity contribution in [2.75, 3.05) is 16.4 Å². The number of aromatic nitrogens is 2. The average molecular weight is 293 g/mol. The van der Waals surface area contributed by atoms with Gasteiger partial charge in [-0.1, -0.05) is 6.92 Å². The van der Waals surface area contributed by atoms with Crippen LogP contribution >= 0.6 is 0 Å². The van der Waals surface area contributed by atoms with E-state index in [1.165, 1.54) is 12.4 Å². The van der Waals surface area contributed by atoms with Crippen molar-refractivity contribution in [1.82, 2.24) is 9.97 Å². The first-order chi connectivity index (χ1) is 10.0. The molecule has 2 rings (SSSR count). The second-order valence-corrected chi connectivity index (χ2v) is 4.69. The molecule has 0 aliphatic heterocycles. The Morgan fingerprint density at radius 2 is 1.90 bits per heavy atom. The third-order valence-electron chi connectivity index (χ3n) is 3.06. The van der Waals surface area contributed by atoms with E-state index in [1.807, 2.05) is 13.8 Å². The molecule has 7 heteroatoms. The van der Waals surface area contributed by atoms with Gasteiger partial charge < -0.3 is 16.4 Å². The Balaban J connectivity index is 2.23. The molecule has 0 spiro atoms. The average Bonchev–Trinajstić information content (AvgIpc) is 2.47. The van der Waals surface area contributed by atoms with E-state index in [0.29, 0.717) is 23.0 Å². The first-order valence-electron chi connectivity index (χ1n) is 6.60. The SMILES string of the molecule is CCC(C)Nc1ncnc(Nc2ccc(F)c(F)c2)c1N. The summed E-state index contributed by atoms with van der Waals surface area (Å²) >= 11 is 0. The predicted octanol–water partition coefficient (Wildman–Crippen LogP) is 3.29. The van der Waals surface area contributed by atoms with Gasteiger partial charge in [-0.05, 0) is 25.5 Å². The topological polar surface area (TPSA) is 75.9 Å². The third-order valence-corrected chi connectivity index (χ3v) is 3.06. The minimum atomic E-state index is -0.939. The summed E-state index contributed by atoms with van der Waals surface area (Å²) in [5.74, 6) is -1.01. The lowest BCUT2D eigenvalue weighted by atomic mass is 10.2. The van der Waals surface area contributed by atoms with Crippen LogP contribution in [-0.2, 0) is 0 Å². The van der Waals surface area contributed by atoms with E-state index < -0.39 is 11.6 Å². The first kappa shape index (κ1) is 15.0. The summed E-state index contributed by atoms with van der Waals surface area (Å²) in [5, 5.41) is 6.01. The van der Waals surface area contributed by atoms with Crippen molar-refractivity contribution in [3.63, 3.8) is 0 Å². The zero-order chi connectivity index (χ0) is 15.4. The van der Waals surface area contributed by atoms with E-state index in [0.717, 1.165) is 18.6 Å². The van der Waals surface area contributed by atoms with E-state index in [4.69, 9.17) is 5.73 Å². The van der Waals surface area contributed by atoms with Crippen LogP contribution in [-0.4, -0.2) is 16.0 Å². The van der Waals surface area contributed by atoms with Gasteiger partial charge in [0.25, 0.3) is 0 Å². The molecule has 0 saturated heterocycles. The lowest BCUT2D eigenvalue weighted by molar-refractivity contribution is 0.509. The summed E-state index contributed by atoms with van der Waals surface area (Å²) < 4.78 is 26.1. The van der Waals surface area contributed by atoms with Crippen LogP contribution in [0.15, 0.2) is 24.5 Å². The molecule has 1 unspecified atom stereocenters. The molecule has 0 bridgehead atoms. The molecule has 0 saturated carbocycles. The molecule has 112 valence electrons.